The van der Waals surface area contributed by atoms with Gasteiger partial charge in [-0.3, -0.25) is 0 Å². The minimum Gasteiger partial charge on any atom is -0.309 e. The minimum atomic E-state index is 0.686. The molecule has 0 aliphatic heterocycles. The molecule has 0 aliphatic carbocycles. The van der Waals surface area contributed by atoms with Gasteiger partial charge in [-0.15, -0.1) is 0 Å². The number of aromatic nitrogens is 8. The van der Waals surface area contributed by atoms with E-state index in [1.165, 1.54) is 109 Å². The van der Waals surface area contributed by atoms with Crippen LogP contribution in [0.5, 0.6) is 0 Å². The first-order valence-electron chi connectivity index (χ1n) is 42.1. The second-order valence-electron chi connectivity index (χ2n) is 31.7. The third-order valence-corrected chi connectivity index (χ3v) is 24.3. The molecule has 124 heavy (non-hydrogen) atoms. The molecule has 0 aliphatic rings. The van der Waals surface area contributed by atoms with Gasteiger partial charge in [0.05, 0.1) is 66.9 Å². The van der Waals surface area contributed by atoms with Crippen molar-refractivity contribution in [3.05, 3.63) is 461 Å². The van der Waals surface area contributed by atoms with E-state index in [0.717, 1.165) is 101 Å². The summed E-state index contributed by atoms with van der Waals surface area (Å²) in [6.45, 7) is 0. The third kappa shape index (κ3) is 13.1. The van der Waals surface area contributed by atoms with E-state index in [0.29, 0.717) is 11.6 Å². The summed E-state index contributed by atoms with van der Waals surface area (Å²) in [6, 6.07) is 164. The van der Waals surface area contributed by atoms with Crippen LogP contribution in [0.2, 0.25) is 0 Å². The standard InChI is InChI=1S/2C58H38N4/c1-4-16-39(17-5-1)42-20-14-22-44(34-42)53-38-52(59-58(60-53)45-23-15-21-43(35-45)40-18-6-2-7-19-40)41-30-32-47(33-31-41)62-55-29-13-11-27-49(55)51-36-56-50(37-57(51)62)48-26-10-12-28-54(48)61(56)46-24-8-3-9-25-46;1-4-14-39(15-5-1)41-24-28-43(29-25-41)52-38-53(60-58(59-52)45-30-26-42(27-31-45)40-16-6-2-7-17-40)44-32-34-47(35-33-44)62-55-23-13-11-21-49(55)51-36-56-50(37-57(51)62)48-20-10-12-22-54(48)61(56)46-18-8-3-9-19-46/h2*1-38H. The van der Waals surface area contributed by atoms with Crippen molar-refractivity contribution in [2.45, 2.75) is 0 Å². The smallest absolute Gasteiger partial charge is 0.160 e. The highest BCUT2D eigenvalue weighted by Crippen LogP contribution is 2.44. The zero-order valence-electron chi connectivity index (χ0n) is 67.5. The zero-order chi connectivity index (χ0) is 82.0. The largest absolute Gasteiger partial charge is 0.309 e. The van der Waals surface area contributed by atoms with E-state index in [2.05, 4.69) is 461 Å². The Morgan fingerprint density at radius 2 is 0.339 bits per heavy atom. The first-order valence-corrected chi connectivity index (χ1v) is 42.1. The van der Waals surface area contributed by atoms with Gasteiger partial charge in [0, 0.05) is 99.2 Å². The molecule has 24 rings (SSSR count). The maximum Gasteiger partial charge on any atom is 0.160 e. The van der Waals surface area contributed by atoms with Crippen LogP contribution < -0.4 is 0 Å². The molecule has 0 atom stereocenters. The van der Waals surface area contributed by atoms with Gasteiger partial charge >= 0.3 is 0 Å². The van der Waals surface area contributed by atoms with Gasteiger partial charge in [0.1, 0.15) is 0 Å². The minimum absolute atomic E-state index is 0.686. The molecule has 0 saturated carbocycles. The van der Waals surface area contributed by atoms with Crippen molar-refractivity contribution in [3.8, 4) is 135 Å². The molecule has 8 nitrogen and oxygen atoms in total. The summed E-state index contributed by atoms with van der Waals surface area (Å²) in [5.41, 5.74) is 32.8. The normalized spacial score (nSPS) is 11.5. The van der Waals surface area contributed by atoms with Gasteiger partial charge in [0.15, 0.2) is 11.6 Å². The molecule has 580 valence electrons. The summed E-state index contributed by atoms with van der Waals surface area (Å²) in [4.78, 5) is 20.9. The van der Waals surface area contributed by atoms with Crippen molar-refractivity contribution < 1.29 is 0 Å². The Bertz CT molecular complexity index is 7940. The van der Waals surface area contributed by atoms with E-state index < -0.39 is 0 Å². The highest BCUT2D eigenvalue weighted by molar-refractivity contribution is 6.21. The molecular weight excluding hydrogens is 1510 g/mol. The predicted molar refractivity (Wildman–Crippen MR) is 516 cm³/mol. The van der Waals surface area contributed by atoms with Crippen LogP contribution in [0.25, 0.3) is 222 Å². The van der Waals surface area contributed by atoms with Crippen molar-refractivity contribution in [2.75, 3.05) is 0 Å². The maximum absolute atomic E-state index is 5.28. The van der Waals surface area contributed by atoms with E-state index in [1.807, 2.05) is 18.2 Å². The number of hydrogen-bond acceptors (Lipinski definition) is 4. The molecule has 24 aromatic rings. The summed E-state index contributed by atoms with van der Waals surface area (Å²) in [7, 11) is 0. The lowest BCUT2D eigenvalue weighted by molar-refractivity contribution is 1.17. The van der Waals surface area contributed by atoms with Crippen LogP contribution in [0.1, 0.15) is 0 Å². The van der Waals surface area contributed by atoms with Crippen LogP contribution in [0, 0.1) is 0 Å². The third-order valence-electron chi connectivity index (χ3n) is 24.3. The molecule has 0 amide bonds. The van der Waals surface area contributed by atoms with Crippen LogP contribution in [0.15, 0.2) is 461 Å². The van der Waals surface area contributed by atoms with E-state index in [9.17, 15) is 0 Å². The summed E-state index contributed by atoms with van der Waals surface area (Å²) < 4.78 is 9.60. The number of para-hydroxylation sites is 6. The van der Waals surface area contributed by atoms with Crippen LogP contribution >= 0.6 is 0 Å². The Balaban J connectivity index is 0.000000143. The van der Waals surface area contributed by atoms with E-state index in [4.69, 9.17) is 19.9 Å². The van der Waals surface area contributed by atoms with Crippen molar-refractivity contribution in [3.63, 3.8) is 0 Å². The first kappa shape index (κ1) is 72.5. The van der Waals surface area contributed by atoms with E-state index >= 15 is 0 Å². The lowest BCUT2D eigenvalue weighted by Crippen LogP contribution is -1.97. The number of hydrogen-bond donors (Lipinski definition) is 0. The number of benzene rings is 18. The summed E-state index contributed by atoms with van der Waals surface area (Å²) in [5, 5.41) is 9.81. The molecule has 6 heterocycles. The second kappa shape index (κ2) is 30.9. The average Bonchev–Trinajstić information content (AvgIpc) is 1.56. The molecular formula is C116H76N8. The highest BCUT2D eigenvalue weighted by Gasteiger charge is 2.23. The van der Waals surface area contributed by atoms with Gasteiger partial charge in [0.2, 0.25) is 0 Å². The number of rotatable bonds is 14. The molecule has 6 aromatic heterocycles. The van der Waals surface area contributed by atoms with Gasteiger partial charge < -0.3 is 18.3 Å². The Labute approximate surface area is 716 Å². The molecule has 18 aromatic carbocycles. The lowest BCUT2D eigenvalue weighted by Gasteiger charge is -2.13. The number of fused-ring (bicyclic) bond motifs is 12. The predicted octanol–water partition coefficient (Wildman–Crippen LogP) is 30.0. The molecule has 0 radical (unpaired) electrons. The maximum atomic E-state index is 5.28. The van der Waals surface area contributed by atoms with E-state index in [1.54, 1.807) is 0 Å². The Morgan fingerprint density at radius 1 is 0.121 bits per heavy atom. The quantitative estimate of drug-likeness (QED) is 0.109. The Morgan fingerprint density at radius 3 is 0.677 bits per heavy atom. The van der Waals surface area contributed by atoms with Crippen LogP contribution in [0.3, 0.4) is 0 Å². The SMILES string of the molecule is c1ccc(-c2ccc(-c3cc(-c4ccc(-n5c6ccccc6c6cc7c(cc65)c5ccccc5n7-c5ccccc5)cc4)nc(-c4ccc(-c5ccccc5)cc4)n3)cc2)cc1.c1ccc(-c2cccc(-c3cc(-c4ccc(-n5c6ccccc6c6cc7c(cc65)c5ccccc5n7-c5ccccc5)cc4)nc(-c4cccc(-c5ccccc5)c4)n3)c2)cc1. The molecule has 8 heteroatoms. The van der Waals surface area contributed by atoms with Gasteiger partial charge in [-0.1, -0.05) is 340 Å². The Hall–Kier alpha value is -16.7. The summed E-state index contributed by atoms with van der Waals surface area (Å²) in [6.07, 6.45) is 0. The fourth-order valence-electron chi connectivity index (χ4n) is 18.3. The summed E-state index contributed by atoms with van der Waals surface area (Å²) >= 11 is 0. The fraction of sp³-hybridized carbons (Fsp3) is 0. The van der Waals surface area contributed by atoms with Crippen molar-refractivity contribution in [2.24, 2.45) is 0 Å². The molecule has 0 spiro atoms. The van der Waals surface area contributed by atoms with Crippen molar-refractivity contribution in [1.29, 1.82) is 0 Å². The highest BCUT2D eigenvalue weighted by atomic mass is 15.0. The monoisotopic (exact) mass is 1580 g/mol. The number of nitrogens with zero attached hydrogens (tertiary/aromatic N) is 8. The van der Waals surface area contributed by atoms with Crippen LogP contribution in [-0.2, 0) is 0 Å². The molecule has 0 bridgehead atoms. The van der Waals surface area contributed by atoms with Gasteiger partial charge in [-0.2, -0.15) is 0 Å². The van der Waals surface area contributed by atoms with Crippen molar-refractivity contribution in [1.82, 2.24) is 38.2 Å². The van der Waals surface area contributed by atoms with Crippen LogP contribution in [-0.4, -0.2) is 38.2 Å². The van der Waals surface area contributed by atoms with E-state index in [-0.39, 0.29) is 0 Å². The second-order valence-corrected chi connectivity index (χ2v) is 31.7. The topological polar surface area (TPSA) is 71.3 Å². The first-order chi connectivity index (χ1) is 61.5. The van der Waals surface area contributed by atoms with Gasteiger partial charge in [0.25, 0.3) is 0 Å². The Kier molecular flexibility index (Phi) is 18.1. The molecule has 0 fully saturated rings. The fourth-order valence-corrected chi connectivity index (χ4v) is 18.3. The van der Waals surface area contributed by atoms with Gasteiger partial charge in [-0.25, -0.2) is 19.9 Å². The molecule has 0 unspecified atom stereocenters. The zero-order valence-corrected chi connectivity index (χ0v) is 67.5. The molecule has 0 saturated heterocycles. The average molecular weight is 1580 g/mol. The van der Waals surface area contributed by atoms with Gasteiger partial charge in [-0.05, 0) is 166 Å². The summed E-state index contributed by atoms with van der Waals surface area (Å²) in [5.74, 6) is 1.37. The van der Waals surface area contributed by atoms with Crippen molar-refractivity contribution >= 4 is 87.2 Å². The molecule has 0 N–H and O–H groups in total. The lowest BCUT2D eigenvalue weighted by atomic mass is 10.00. The van der Waals surface area contributed by atoms with Crippen LogP contribution in [0.4, 0.5) is 0 Å².